The van der Waals surface area contributed by atoms with E-state index in [0.29, 0.717) is 0 Å². The Morgan fingerprint density at radius 2 is 1.07 bits per heavy atom. The minimum Gasteiger partial charge on any atom is -0.252 e. The normalized spacial score (nSPS) is 12.1. The van der Waals surface area contributed by atoms with Crippen molar-refractivity contribution in [3.8, 4) is 0 Å². The van der Waals surface area contributed by atoms with Gasteiger partial charge in [-0.25, -0.2) is 0 Å². The van der Waals surface area contributed by atoms with E-state index in [-0.39, 0.29) is 20.4 Å². The van der Waals surface area contributed by atoms with Gasteiger partial charge in [0.05, 0.1) is 22.8 Å². The largest absolute Gasteiger partial charge is 0.252 e. The molecule has 0 atom stereocenters. The van der Waals surface area contributed by atoms with Gasteiger partial charge in [0.25, 0.3) is 0 Å². The third-order valence-electron chi connectivity index (χ3n) is 4.38. The van der Waals surface area contributed by atoms with Gasteiger partial charge in [-0.15, -0.1) is 0 Å². The van der Waals surface area contributed by atoms with Crippen molar-refractivity contribution in [3.05, 3.63) is 58.7 Å². The van der Waals surface area contributed by atoms with Crippen molar-refractivity contribution < 1.29 is 20.4 Å². The second kappa shape index (κ2) is 11.3. The molecule has 0 aromatic heterocycles. The van der Waals surface area contributed by atoms with Gasteiger partial charge in [0.2, 0.25) is 0 Å². The topological polar surface area (TPSA) is 24.7 Å². The van der Waals surface area contributed by atoms with Gasteiger partial charge in [0.1, 0.15) is 0 Å². The van der Waals surface area contributed by atoms with Crippen LogP contribution in [0.2, 0.25) is 0 Å². The number of aliphatic imine (C=N–C) groups is 2. The van der Waals surface area contributed by atoms with E-state index in [1.54, 1.807) is 0 Å². The van der Waals surface area contributed by atoms with Crippen molar-refractivity contribution in [2.45, 2.75) is 67.2 Å². The van der Waals surface area contributed by atoms with E-state index in [9.17, 15) is 0 Å². The predicted octanol–water partition coefficient (Wildman–Crippen LogP) is 7.36. The Kier molecular flexibility index (Phi) is 9.85. The minimum absolute atomic E-state index is 0. The molecule has 0 N–H and O–H groups in total. The zero-order valence-corrected chi connectivity index (χ0v) is 19.1. The third-order valence-corrected chi connectivity index (χ3v) is 4.38. The number of hydrogen-bond donors (Lipinski definition) is 0. The van der Waals surface area contributed by atoms with Crippen LogP contribution < -0.4 is 0 Å². The average molecular weight is 455 g/mol. The van der Waals surface area contributed by atoms with Crippen LogP contribution in [-0.2, 0) is 20.4 Å². The molecule has 148 valence electrons. The monoisotopic (exact) mass is 454 g/mol. The first kappa shape index (κ1) is 23.5. The van der Waals surface area contributed by atoms with Crippen molar-refractivity contribution in [1.29, 1.82) is 0 Å². The Morgan fingerprint density at radius 3 is 1.44 bits per heavy atom. The van der Waals surface area contributed by atoms with E-state index in [1.807, 2.05) is 0 Å². The molecular formula is C24H32N2Pd. The SMILES string of the molecule is CCCCC(=N\c1cc(C)cc(C)c1)/C(CC)=N/c1cc(C)cc(C)c1.[Pd]. The third kappa shape index (κ3) is 7.53. The Bertz CT molecular complexity index is 779. The standard InChI is InChI=1S/C24H32N2.Pd/c1-7-9-10-24(26-22-15-19(5)12-20(6)16-22)23(8-2)25-21-13-17(3)11-18(4)14-21;/h11-16H,7-10H2,1-6H3;/b25-23+,26-24+;. The maximum absolute atomic E-state index is 5.02. The summed E-state index contributed by atoms with van der Waals surface area (Å²) in [4.78, 5) is 9.99. The molecule has 0 bridgehead atoms. The van der Waals surface area contributed by atoms with E-state index < -0.39 is 0 Å². The first-order valence-electron chi connectivity index (χ1n) is 9.73. The Hall–Kier alpha value is -1.56. The minimum atomic E-state index is 0. The molecule has 0 aliphatic heterocycles. The van der Waals surface area contributed by atoms with Gasteiger partial charge in [0, 0.05) is 20.4 Å². The number of nitrogens with zero attached hydrogens (tertiary/aromatic N) is 2. The zero-order valence-electron chi connectivity index (χ0n) is 17.5. The Labute approximate surface area is 178 Å². The molecule has 0 amide bonds. The molecule has 0 aliphatic carbocycles. The number of unbranched alkanes of at least 4 members (excludes halogenated alkanes) is 1. The van der Waals surface area contributed by atoms with Gasteiger partial charge in [-0.3, -0.25) is 9.98 Å². The maximum atomic E-state index is 5.02. The van der Waals surface area contributed by atoms with Crippen molar-refractivity contribution in [1.82, 2.24) is 0 Å². The second-order valence-electron chi connectivity index (χ2n) is 7.27. The van der Waals surface area contributed by atoms with Crippen molar-refractivity contribution in [3.63, 3.8) is 0 Å². The quantitative estimate of drug-likeness (QED) is 0.308. The van der Waals surface area contributed by atoms with Crippen LogP contribution in [-0.4, -0.2) is 11.4 Å². The number of hydrogen-bond acceptors (Lipinski definition) is 2. The van der Waals surface area contributed by atoms with Crippen LogP contribution >= 0.6 is 0 Å². The van der Waals surface area contributed by atoms with Gasteiger partial charge >= 0.3 is 0 Å². The van der Waals surface area contributed by atoms with E-state index in [1.165, 1.54) is 22.3 Å². The molecule has 2 nitrogen and oxygen atoms in total. The van der Waals surface area contributed by atoms with Crippen LogP contribution in [0, 0.1) is 27.7 Å². The molecule has 0 radical (unpaired) electrons. The molecule has 0 spiro atoms. The van der Waals surface area contributed by atoms with Gasteiger partial charge in [0.15, 0.2) is 0 Å². The number of benzene rings is 2. The first-order valence-corrected chi connectivity index (χ1v) is 9.73. The average Bonchev–Trinajstić information content (AvgIpc) is 2.55. The fourth-order valence-corrected chi connectivity index (χ4v) is 3.30. The zero-order chi connectivity index (χ0) is 19.1. The van der Waals surface area contributed by atoms with Crippen LogP contribution in [0.15, 0.2) is 46.4 Å². The van der Waals surface area contributed by atoms with E-state index in [0.717, 1.165) is 48.5 Å². The summed E-state index contributed by atoms with van der Waals surface area (Å²) < 4.78 is 0. The molecule has 2 aromatic carbocycles. The predicted molar refractivity (Wildman–Crippen MR) is 116 cm³/mol. The number of aryl methyl sites for hydroxylation is 4. The summed E-state index contributed by atoms with van der Waals surface area (Å²) in [5, 5.41) is 0. The summed E-state index contributed by atoms with van der Waals surface area (Å²) in [6, 6.07) is 13.0. The van der Waals surface area contributed by atoms with E-state index in [2.05, 4.69) is 77.9 Å². The summed E-state index contributed by atoms with van der Waals surface area (Å²) >= 11 is 0. The summed E-state index contributed by atoms with van der Waals surface area (Å²) in [6.45, 7) is 12.9. The number of rotatable bonds is 7. The molecule has 0 fully saturated rings. The molecule has 2 aromatic rings. The van der Waals surface area contributed by atoms with Gasteiger partial charge in [-0.05, 0) is 93.5 Å². The smallest absolute Gasteiger partial charge is 0.0639 e. The van der Waals surface area contributed by atoms with Crippen molar-refractivity contribution >= 4 is 22.8 Å². The van der Waals surface area contributed by atoms with Crippen LogP contribution in [0.4, 0.5) is 11.4 Å². The fraction of sp³-hybridized carbons (Fsp3) is 0.417. The summed E-state index contributed by atoms with van der Waals surface area (Å²) in [5.74, 6) is 0. The van der Waals surface area contributed by atoms with Crippen LogP contribution in [0.25, 0.3) is 0 Å². The van der Waals surface area contributed by atoms with Crippen molar-refractivity contribution in [2.75, 3.05) is 0 Å². The molecule has 0 saturated carbocycles. The molecule has 27 heavy (non-hydrogen) atoms. The van der Waals surface area contributed by atoms with Gasteiger partial charge in [-0.2, -0.15) is 0 Å². The molecule has 3 heteroatoms. The van der Waals surface area contributed by atoms with Gasteiger partial charge in [-0.1, -0.05) is 32.4 Å². The first-order chi connectivity index (χ1) is 12.4. The second-order valence-corrected chi connectivity index (χ2v) is 7.27. The van der Waals surface area contributed by atoms with E-state index >= 15 is 0 Å². The van der Waals surface area contributed by atoms with Crippen LogP contribution in [0.1, 0.15) is 61.8 Å². The summed E-state index contributed by atoms with van der Waals surface area (Å²) in [6.07, 6.45) is 4.16. The fourth-order valence-electron chi connectivity index (χ4n) is 3.30. The molecule has 0 saturated heterocycles. The molecular weight excluding hydrogens is 423 g/mol. The molecule has 0 unspecified atom stereocenters. The molecule has 2 rings (SSSR count). The van der Waals surface area contributed by atoms with Gasteiger partial charge < -0.3 is 0 Å². The van der Waals surface area contributed by atoms with Crippen molar-refractivity contribution in [2.24, 2.45) is 9.98 Å². The summed E-state index contributed by atoms with van der Waals surface area (Å²) in [7, 11) is 0. The Balaban J connectivity index is 0.00000364. The van der Waals surface area contributed by atoms with Crippen LogP contribution in [0.5, 0.6) is 0 Å². The maximum Gasteiger partial charge on any atom is 0.0639 e. The molecule has 0 aliphatic rings. The van der Waals surface area contributed by atoms with E-state index in [4.69, 9.17) is 9.98 Å². The molecule has 0 heterocycles. The summed E-state index contributed by atoms with van der Waals surface area (Å²) in [5.41, 5.74) is 9.30. The Morgan fingerprint density at radius 1 is 0.667 bits per heavy atom. The van der Waals surface area contributed by atoms with Crippen LogP contribution in [0.3, 0.4) is 0 Å².